The zero-order valence-corrected chi connectivity index (χ0v) is 11.4. The van der Waals surface area contributed by atoms with Crippen LogP contribution in [0.4, 0.5) is 0 Å². The molecule has 1 aromatic rings. The van der Waals surface area contributed by atoms with Crippen molar-refractivity contribution in [1.82, 2.24) is 5.32 Å². The van der Waals surface area contributed by atoms with Crippen molar-refractivity contribution >= 4 is 5.97 Å². The Morgan fingerprint density at radius 2 is 2.05 bits per heavy atom. The topological polar surface area (TPSA) is 38.3 Å². The van der Waals surface area contributed by atoms with Crippen molar-refractivity contribution in [1.29, 1.82) is 0 Å². The van der Waals surface area contributed by atoms with Crippen LogP contribution in [0, 0.1) is 5.92 Å². The molecule has 2 aliphatic carbocycles. The van der Waals surface area contributed by atoms with Crippen molar-refractivity contribution in [3.63, 3.8) is 0 Å². The van der Waals surface area contributed by atoms with Gasteiger partial charge in [0.25, 0.3) is 0 Å². The van der Waals surface area contributed by atoms with Gasteiger partial charge in [0.1, 0.15) is 6.04 Å². The molecule has 3 nitrogen and oxygen atoms in total. The largest absolute Gasteiger partial charge is 0.468 e. The van der Waals surface area contributed by atoms with Gasteiger partial charge in [-0.3, -0.25) is 0 Å². The van der Waals surface area contributed by atoms with Crippen molar-refractivity contribution in [2.45, 2.75) is 37.6 Å². The fourth-order valence-electron chi connectivity index (χ4n) is 2.58. The molecular weight excluding hydrogens is 238 g/mol. The quantitative estimate of drug-likeness (QED) is 0.798. The summed E-state index contributed by atoms with van der Waals surface area (Å²) in [5, 5.41) is 3.40. The molecule has 0 bridgehead atoms. The Morgan fingerprint density at radius 3 is 2.68 bits per heavy atom. The van der Waals surface area contributed by atoms with Crippen LogP contribution in [0.3, 0.4) is 0 Å². The minimum Gasteiger partial charge on any atom is -0.468 e. The third-order valence-corrected chi connectivity index (χ3v) is 4.07. The van der Waals surface area contributed by atoms with E-state index in [1.54, 1.807) is 0 Å². The first-order chi connectivity index (χ1) is 9.29. The molecule has 1 unspecified atom stereocenters. The number of esters is 1. The van der Waals surface area contributed by atoms with Gasteiger partial charge in [-0.15, -0.1) is 0 Å². The normalized spacial score (nSPS) is 20.1. The number of methoxy groups -OCH3 is 1. The van der Waals surface area contributed by atoms with Crippen LogP contribution in [0.5, 0.6) is 0 Å². The molecule has 3 heteroatoms. The van der Waals surface area contributed by atoms with Crippen LogP contribution in [0.15, 0.2) is 24.3 Å². The predicted octanol–water partition coefficient (Wildman–Crippen LogP) is 2.78. The van der Waals surface area contributed by atoms with Gasteiger partial charge in [0, 0.05) is 0 Å². The molecule has 19 heavy (non-hydrogen) atoms. The second-order valence-corrected chi connectivity index (χ2v) is 5.71. The molecule has 0 saturated heterocycles. The molecule has 2 fully saturated rings. The number of hydrogen-bond donors (Lipinski definition) is 1. The molecule has 0 amide bonds. The van der Waals surface area contributed by atoms with E-state index in [1.807, 2.05) is 6.07 Å². The van der Waals surface area contributed by atoms with Crippen molar-refractivity contribution in [3.8, 4) is 0 Å². The Labute approximate surface area is 114 Å². The summed E-state index contributed by atoms with van der Waals surface area (Å²) in [5.41, 5.74) is 2.43. The lowest BCUT2D eigenvalue weighted by atomic mass is 9.97. The third-order valence-electron chi connectivity index (χ3n) is 4.07. The highest BCUT2D eigenvalue weighted by Gasteiger charge is 2.32. The summed E-state index contributed by atoms with van der Waals surface area (Å²) in [4.78, 5) is 12.1. The van der Waals surface area contributed by atoms with Gasteiger partial charge < -0.3 is 10.1 Å². The van der Waals surface area contributed by atoms with Gasteiger partial charge in [-0.2, -0.15) is 0 Å². The zero-order valence-electron chi connectivity index (χ0n) is 11.4. The molecule has 0 spiro atoms. The van der Waals surface area contributed by atoms with Crippen molar-refractivity contribution in [3.05, 3.63) is 35.4 Å². The third kappa shape index (κ3) is 2.98. The lowest BCUT2D eigenvalue weighted by Crippen LogP contribution is -2.31. The van der Waals surface area contributed by atoms with E-state index < -0.39 is 0 Å². The second kappa shape index (κ2) is 5.33. The number of benzene rings is 1. The van der Waals surface area contributed by atoms with E-state index >= 15 is 0 Å². The Morgan fingerprint density at radius 1 is 1.32 bits per heavy atom. The first kappa shape index (κ1) is 12.7. The van der Waals surface area contributed by atoms with Gasteiger partial charge in [-0.05, 0) is 55.2 Å². The number of carbonyl (C=O) groups excluding carboxylic acids is 1. The monoisotopic (exact) mass is 259 g/mol. The Bertz CT molecular complexity index is 464. The molecule has 2 saturated carbocycles. The summed E-state index contributed by atoms with van der Waals surface area (Å²) in [6.07, 6.45) is 5.05. The molecule has 0 aliphatic heterocycles. The van der Waals surface area contributed by atoms with Gasteiger partial charge in [0.15, 0.2) is 0 Å². The number of hydrogen-bond acceptors (Lipinski definition) is 3. The highest BCUT2D eigenvalue weighted by Crippen LogP contribution is 2.43. The lowest BCUT2D eigenvalue weighted by Gasteiger charge is -2.19. The van der Waals surface area contributed by atoms with Gasteiger partial charge in [-0.1, -0.05) is 24.3 Å². The molecular formula is C16H21NO2. The minimum absolute atomic E-state index is 0.172. The fourth-order valence-corrected chi connectivity index (χ4v) is 2.58. The summed E-state index contributed by atoms with van der Waals surface area (Å²) in [6.45, 7) is 0.915. The summed E-state index contributed by atoms with van der Waals surface area (Å²) in [7, 11) is 1.47. The fraction of sp³-hybridized carbons (Fsp3) is 0.562. The molecule has 3 rings (SSSR count). The number of rotatable bonds is 6. The van der Waals surface area contributed by atoms with Crippen LogP contribution in [-0.4, -0.2) is 19.6 Å². The van der Waals surface area contributed by atoms with E-state index in [0.717, 1.165) is 18.0 Å². The minimum atomic E-state index is -0.303. The van der Waals surface area contributed by atoms with Gasteiger partial charge >= 0.3 is 5.97 Å². The van der Waals surface area contributed by atoms with Gasteiger partial charge in [0.2, 0.25) is 0 Å². The maximum Gasteiger partial charge on any atom is 0.327 e. The van der Waals surface area contributed by atoms with Crippen molar-refractivity contribution in [2.24, 2.45) is 5.92 Å². The van der Waals surface area contributed by atoms with Crippen LogP contribution < -0.4 is 5.32 Å². The molecule has 1 aromatic carbocycles. The van der Waals surface area contributed by atoms with E-state index in [9.17, 15) is 4.79 Å². The molecule has 0 aromatic heterocycles. The van der Waals surface area contributed by atoms with Crippen LogP contribution in [0.25, 0.3) is 0 Å². The first-order valence-electron chi connectivity index (χ1n) is 7.19. The van der Waals surface area contributed by atoms with Gasteiger partial charge in [0.05, 0.1) is 7.11 Å². The molecule has 2 aliphatic rings. The predicted molar refractivity (Wildman–Crippen MR) is 73.9 cm³/mol. The summed E-state index contributed by atoms with van der Waals surface area (Å²) in [5.74, 6) is 1.22. The standard InChI is InChI=1S/C16H21NO2/c1-19-16(18)15(17-10-11-6-7-11)14-5-3-2-4-13(14)12-8-9-12/h2-5,11-12,15,17H,6-10H2,1H3. The lowest BCUT2D eigenvalue weighted by molar-refractivity contribution is -0.143. The zero-order chi connectivity index (χ0) is 13.2. The first-order valence-corrected chi connectivity index (χ1v) is 7.19. The molecule has 0 heterocycles. The van der Waals surface area contributed by atoms with E-state index in [1.165, 1.54) is 38.4 Å². The van der Waals surface area contributed by atoms with Gasteiger partial charge in [-0.25, -0.2) is 4.79 Å². The molecule has 1 atom stereocenters. The Kier molecular flexibility index (Phi) is 3.56. The SMILES string of the molecule is COC(=O)C(NCC1CC1)c1ccccc1C1CC1. The van der Waals surface area contributed by atoms with E-state index in [2.05, 4.69) is 23.5 Å². The average Bonchev–Trinajstić information content (AvgIpc) is 3.30. The van der Waals surface area contributed by atoms with Crippen molar-refractivity contribution < 1.29 is 9.53 Å². The number of nitrogens with one attached hydrogen (secondary N) is 1. The second-order valence-electron chi connectivity index (χ2n) is 5.71. The van der Waals surface area contributed by atoms with Crippen LogP contribution >= 0.6 is 0 Å². The summed E-state index contributed by atoms with van der Waals surface area (Å²) >= 11 is 0. The van der Waals surface area contributed by atoms with E-state index in [-0.39, 0.29) is 12.0 Å². The van der Waals surface area contributed by atoms with E-state index in [0.29, 0.717) is 5.92 Å². The van der Waals surface area contributed by atoms with Crippen LogP contribution in [-0.2, 0) is 9.53 Å². The van der Waals surface area contributed by atoms with Crippen LogP contribution in [0.1, 0.15) is 48.8 Å². The van der Waals surface area contributed by atoms with E-state index in [4.69, 9.17) is 4.74 Å². The van der Waals surface area contributed by atoms with Crippen molar-refractivity contribution in [2.75, 3.05) is 13.7 Å². The highest BCUT2D eigenvalue weighted by molar-refractivity contribution is 5.78. The number of ether oxygens (including phenoxy) is 1. The highest BCUT2D eigenvalue weighted by atomic mass is 16.5. The molecule has 102 valence electrons. The Hall–Kier alpha value is -1.35. The average molecular weight is 259 g/mol. The Balaban J connectivity index is 1.82. The molecule has 1 N–H and O–H groups in total. The van der Waals surface area contributed by atoms with Crippen LogP contribution in [0.2, 0.25) is 0 Å². The smallest absolute Gasteiger partial charge is 0.327 e. The molecule has 0 radical (unpaired) electrons. The number of carbonyl (C=O) groups is 1. The summed E-state index contributed by atoms with van der Waals surface area (Å²) < 4.78 is 4.97. The maximum atomic E-state index is 12.1. The summed E-state index contributed by atoms with van der Waals surface area (Å²) in [6, 6.07) is 7.99. The maximum absolute atomic E-state index is 12.1.